The number of benzene rings is 1. The van der Waals surface area contributed by atoms with Crippen molar-refractivity contribution in [2.75, 3.05) is 13.8 Å². The number of hydrogen-bond acceptors (Lipinski definition) is 5. The van der Waals surface area contributed by atoms with Crippen LogP contribution in [0.15, 0.2) is 18.2 Å². The number of nitrogens with two attached hydrogens (primary N) is 1. The maximum Gasteiger partial charge on any atom is 0.320 e. The number of fused-ring (bicyclic) bond motifs is 1. The molecule has 1 aliphatic rings. The Hall–Kier alpha value is -1.79. The van der Waals surface area contributed by atoms with Crippen molar-refractivity contribution >= 4 is 5.97 Å². The van der Waals surface area contributed by atoms with Crippen molar-refractivity contribution in [2.45, 2.75) is 18.5 Å². The Morgan fingerprint density at radius 3 is 2.89 bits per heavy atom. The van der Waals surface area contributed by atoms with Gasteiger partial charge in [0, 0.05) is 6.04 Å². The molecule has 0 saturated carbocycles. The Morgan fingerprint density at radius 2 is 2.22 bits per heavy atom. The van der Waals surface area contributed by atoms with E-state index in [0.717, 1.165) is 5.56 Å². The molecule has 0 spiro atoms. The third-order valence-corrected chi connectivity index (χ3v) is 2.95. The van der Waals surface area contributed by atoms with E-state index in [1.807, 2.05) is 18.2 Å². The first-order chi connectivity index (χ1) is 8.61. The molecule has 6 nitrogen and oxygen atoms in total. The van der Waals surface area contributed by atoms with Gasteiger partial charge in [-0.3, -0.25) is 4.79 Å². The van der Waals surface area contributed by atoms with Gasteiger partial charge in [-0.05, 0) is 31.2 Å². The Balaban J connectivity index is 2.15. The first kappa shape index (κ1) is 12.7. The topological polar surface area (TPSA) is 93.8 Å². The fourth-order valence-corrected chi connectivity index (χ4v) is 1.91. The van der Waals surface area contributed by atoms with Crippen LogP contribution in [0.5, 0.6) is 11.5 Å². The number of carboxylic acids is 1. The molecule has 2 rings (SSSR count). The smallest absolute Gasteiger partial charge is 0.320 e. The van der Waals surface area contributed by atoms with Crippen LogP contribution in [0.4, 0.5) is 0 Å². The van der Waals surface area contributed by atoms with Crippen molar-refractivity contribution in [2.24, 2.45) is 5.73 Å². The summed E-state index contributed by atoms with van der Waals surface area (Å²) in [5, 5.41) is 11.9. The normalized spacial score (nSPS) is 16.3. The summed E-state index contributed by atoms with van der Waals surface area (Å²) in [5.41, 5.74) is 6.48. The van der Waals surface area contributed by atoms with Crippen LogP contribution < -0.4 is 20.5 Å². The molecule has 0 aliphatic carbocycles. The molecule has 0 aromatic heterocycles. The molecule has 1 aromatic carbocycles. The van der Waals surface area contributed by atoms with Crippen molar-refractivity contribution in [1.82, 2.24) is 5.32 Å². The third-order valence-electron chi connectivity index (χ3n) is 2.95. The monoisotopic (exact) mass is 252 g/mol. The van der Waals surface area contributed by atoms with Gasteiger partial charge in [-0.15, -0.1) is 0 Å². The van der Waals surface area contributed by atoms with E-state index in [2.05, 4.69) is 5.32 Å². The summed E-state index contributed by atoms with van der Waals surface area (Å²) in [4.78, 5) is 10.8. The predicted octanol–water partition coefficient (Wildman–Crippen LogP) is 0.478. The highest BCUT2D eigenvalue weighted by molar-refractivity contribution is 5.73. The van der Waals surface area contributed by atoms with E-state index in [1.54, 1.807) is 7.05 Å². The van der Waals surface area contributed by atoms with Gasteiger partial charge in [0.15, 0.2) is 11.5 Å². The number of hydrogen-bond donors (Lipinski definition) is 3. The van der Waals surface area contributed by atoms with Gasteiger partial charge in [-0.2, -0.15) is 0 Å². The average molecular weight is 252 g/mol. The Labute approximate surface area is 105 Å². The van der Waals surface area contributed by atoms with Crippen LogP contribution in [-0.2, 0) is 4.79 Å². The number of nitrogens with one attached hydrogen (secondary N) is 1. The largest absolute Gasteiger partial charge is 0.480 e. The molecule has 1 heterocycles. The van der Waals surface area contributed by atoms with Gasteiger partial charge < -0.3 is 25.6 Å². The lowest BCUT2D eigenvalue weighted by molar-refractivity contribution is -0.138. The summed E-state index contributed by atoms with van der Waals surface area (Å²) in [6.07, 6.45) is 0.311. The highest BCUT2D eigenvalue weighted by atomic mass is 16.7. The van der Waals surface area contributed by atoms with Crippen LogP contribution >= 0.6 is 0 Å². The van der Waals surface area contributed by atoms with Crippen LogP contribution in [0.2, 0.25) is 0 Å². The Morgan fingerprint density at radius 1 is 1.50 bits per heavy atom. The molecule has 0 saturated heterocycles. The number of carboxylic acid groups (broad SMARTS) is 1. The molecule has 2 atom stereocenters. The second-order valence-corrected chi connectivity index (χ2v) is 4.13. The van der Waals surface area contributed by atoms with E-state index in [-0.39, 0.29) is 12.8 Å². The average Bonchev–Trinajstić information content (AvgIpc) is 2.82. The minimum absolute atomic E-state index is 0.134. The first-order valence-electron chi connectivity index (χ1n) is 5.67. The molecule has 0 amide bonds. The zero-order valence-electron chi connectivity index (χ0n) is 10.1. The maximum absolute atomic E-state index is 10.8. The minimum Gasteiger partial charge on any atom is -0.480 e. The molecule has 0 bridgehead atoms. The molecule has 2 unspecified atom stereocenters. The lowest BCUT2D eigenvalue weighted by atomic mass is 9.99. The summed E-state index contributed by atoms with van der Waals surface area (Å²) < 4.78 is 10.5. The highest BCUT2D eigenvalue weighted by Crippen LogP contribution is 2.34. The number of rotatable bonds is 5. The molecule has 6 heteroatoms. The molecule has 4 N–H and O–H groups in total. The fourth-order valence-electron chi connectivity index (χ4n) is 1.91. The maximum atomic E-state index is 10.8. The predicted molar refractivity (Wildman–Crippen MR) is 64.6 cm³/mol. The Bertz CT molecular complexity index is 450. The van der Waals surface area contributed by atoms with Gasteiger partial charge in [0.2, 0.25) is 6.79 Å². The summed E-state index contributed by atoms with van der Waals surface area (Å²) >= 11 is 0. The standard InChI is InChI=1S/C12H16N2O4/c1-14-9(5-8(13)12(15)16)7-2-3-10-11(4-7)18-6-17-10/h2-4,8-9,14H,5-6,13H2,1H3,(H,15,16). The summed E-state index contributed by atoms with van der Waals surface area (Å²) in [7, 11) is 1.77. The van der Waals surface area contributed by atoms with Crippen molar-refractivity contribution in [1.29, 1.82) is 0 Å². The second-order valence-electron chi connectivity index (χ2n) is 4.13. The quantitative estimate of drug-likeness (QED) is 0.705. The number of aliphatic carboxylic acids is 1. The molecule has 98 valence electrons. The van der Waals surface area contributed by atoms with Crippen LogP contribution in [-0.4, -0.2) is 31.0 Å². The van der Waals surface area contributed by atoms with Gasteiger partial charge in [0.1, 0.15) is 6.04 Å². The molecular weight excluding hydrogens is 236 g/mol. The number of carbonyl (C=O) groups is 1. The SMILES string of the molecule is CNC(CC(N)C(=O)O)c1ccc2c(c1)OCO2. The van der Waals surface area contributed by atoms with E-state index >= 15 is 0 Å². The van der Waals surface area contributed by atoms with Gasteiger partial charge >= 0.3 is 5.97 Å². The fraction of sp³-hybridized carbons (Fsp3) is 0.417. The van der Waals surface area contributed by atoms with Crippen LogP contribution in [0.1, 0.15) is 18.0 Å². The lowest BCUT2D eigenvalue weighted by Crippen LogP contribution is -2.34. The minimum atomic E-state index is -1.00. The number of ether oxygens (including phenoxy) is 2. The molecule has 1 aliphatic heterocycles. The summed E-state index contributed by atoms with van der Waals surface area (Å²) in [6.45, 7) is 0.220. The lowest BCUT2D eigenvalue weighted by Gasteiger charge is -2.19. The third kappa shape index (κ3) is 2.55. The summed E-state index contributed by atoms with van der Waals surface area (Å²) in [6, 6.07) is 4.51. The van der Waals surface area contributed by atoms with Crippen molar-refractivity contribution < 1.29 is 19.4 Å². The molecule has 0 fully saturated rings. The van der Waals surface area contributed by atoms with Gasteiger partial charge in [0.25, 0.3) is 0 Å². The van der Waals surface area contributed by atoms with Gasteiger partial charge in [-0.1, -0.05) is 6.07 Å². The molecule has 18 heavy (non-hydrogen) atoms. The first-order valence-corrected chi connectivity index (χ1v) is 5.67. The summed E-state index contributed by atoms with van der Waals surface area (Å²) in [5.74, 6) is 0.378. The van der Waals surface area contributed by atoms with Crippen LogP contribution in [0, 0.1) is 0 Å². The van der Waals surface area contributed by atoms with E-state index in [9.17, 15) is 4.79 Å². The molecule has 1 aromatic rings. The van der Waals surface area contributed by atoms with Crippen LogP contribution in [0.25, 0.3) is 0 Å². The van der Waals surface area contributed by atoms with Crippen molar-refractivity contribution in [3.63, 3.8) is 0 Å². The zero-order valence-corrected chi connectivity index (χ0v) is 10.1. The van der Waals surface area contributed by atoms with E-state index in [0.29, 0.717) is 17.9 Å². The van der Waals surface area contributed by atoms with E-state index in [1.165, 1.54) is 0 Å². The molecule has 0 radical (unpaired) electrons. The van der Waals surface area contributed by atoms with E-state index < -0.39 is 12.0 Å². The highest BCUT2D eigenvalue weighted by Gasteiger charge is 2.21. The molecular formula is C12H16N2O4. The van der Waals surface area contributed by atoms with Crippen molar-refractivity contribution in [3.8, 4) is 11.5 Å². The van der Waals surface area contributed by atoms with Crippen molar-refractivity contribution in [3.05, 3.63) is 23.8 Å². The van der Waals surface area contributed by atoms with Gasteiger partial charge in [-0.25, -0.2) is 0 Å². The van der Waals surface area contributed by atoms with E-state index in [4.69, 9.17) is 20.3 Å². The van der Waals surface area contributed by atoms with Gasteiger partial charge in [0.05, 0.1) is 0 Å². The van der Waals surface area contributed by atoms with Crippen LogP contribution in [0.3, 0.4) is 0 Å². The Kier molecular flexibility index (Phi) is 3.69. The zero-order chi connectivity index (χ0) is 13.1. The second kappa shape index (κ2) is 5.24.